The predicted octanol–water partition coefficient (Wildman–Crippen LogP) is 2.41. The van der Waals surface area contributed by atoms with Crippen LogP contribution in [-0.4, -0.2) is 34.0 Å². The van der Waals surface area contributed by atoms with Crippen LogP contribution in [0.5, 0.6) is 5.75 Å². The van der Waals surface area contributed by atoms with Gasteiger partial charge in [-0.3, -0.25) is 9.52 Å². The number of rotatable bonds is 7. The van der Waals surface area contributed by atoms with Gasteiger partial charge >= 0.3 is 6.03 Å². The summed E-state index contributed by atoms with van der Waals surface area (Å²) in [6.07, 6.45) is 0. The second-order valence-electron chi connectivity index (χ2n) is 5.36. The van der Waals surface area contributed by atoms with Crippen molar-refractivity contribution in [2.24, 2.45) is 5.73 Å². The van der Waals surface area contributed by atoms with Gasteiger partial charge in [0.15, 0.2) is 0 Å². The van der Waals surface area contributed by atoms with Crippen LogP contribution in [0.4, 0.5) is 16.2 Å². The molecule has 0 aromatic heterocycles. The van der Waals surface area contributed by atoms with Gasteiger partial charge in [-0.2, -0.15) is 0 Å². The first-order valence-corrected chi connectivity index (χ1v) is 9.85. The van der Waals surface area contributed by atoms with Crippen molar-refractivity contribution in [3.8, 4) is 5.75 Å². The number of hydrogen-bond donors (Lipinski definition) is 4. The number of nitrogens with two attached hydrogens (primary N) is 1. The van der Waals surface area contributed by atoms with E-state index in [1.54, 1.807) is 0 Å². The third-order valence-electron chi connectivity index (χ3n) is 3.35. The number of benzene rings is 2. The highest BCUT2D eigenvalue weighted by Crippen LogP contribution is 2.31. The molecule has 0 aliphatic carbocycles. The van der Waals surface area contributed by atoms with E-state index in [1.165, 1.54) is 43.5 Å². The highest BCUT2D eigenvalue weighted by atomic mass is 35.5. The van der Waals surface area contributed by atoms with Crippen LogP contribution in [0.15, 0.2) is 41.3 Å². The summed E-state index contributed by atoms with van der Waals surface area (Å²) in [6.45, 7) is -0.342. The Morgan fingerprint density at radius 2 is 1.82 bits per heavy atom. The summed E-state index contributed by atoms with van der Waals surface area (Å²) in [7, 11) is -2.65. The maximum Gasteiger partial charge on any atom is 0.312 e. The third kappa shape index (κ3) is 5.65. The minimum atomic E-state index is -4.01. The molecular weight excluding hydrogens is 431 g/mol. The first kappa shape index (κ1) is 21.6. The van der Waals surface area contributed by atoms with Crippen molar-refractivity contribution in [1.29, 1.82) is 0 Å². The molecule has 28 heavy (non-hydrogen) atoms. The van der Waals surface area contributed by atoms with Crippen LogP contribution < -0.4 is 25.8 Å². The predicted molar refractivity (Wildman–Crippen MR) is 106 cm³/mol. The average molecular weight is 447 g/mol. The topological polar surface area (TPSA) is 140 Å². The Morgan fingerprint density at radius 1 is 1.11 bits per heavy atom. The van der Waals surface area contributed by atoms with Crippen LogP contribution >= 0.6 is 23.2 Å². The van der Waals surface area contributed by atoms with Gasteiger partial charge in [0.05, 0.1) is 34.3 Å². The van der Waals surface area contributed by atoms with Gasteiger partial charge in [-0.25, -0.2) is 13.2 Å². The summed E-state index contributed by atoms with van der Waals surface area (Å²) in [5.41, 5.74) is 5.25. The van der Waals surface area contributed by atoms with E-state index in [0.29, 0.717) is 0 Å². The van der Waals surface area contributed by atoms with Crippen molar-refractivity contribution in [3.05, 3.63) is 46.4 Å². The SMILES string of the molecule is COc1ccc(NC(=O)CNC(N)=O)cc1NS(=O)(=O)c1ccc(Cl)c(Cl)c1. The van der Waals surface area contributed by atoms with Crippen molar-refractivity contribution in [2.45, 2.75) is 4.90 Å². The molecule has 2 aromatic carbocycles. The van der Waals surface area contributed by atoms with Crippen LogP contribution in [0.25, 0.3) is 0 Å². The van der Waals surface area contributed by atoms with Gasteiger partial charge in [-0.15, -0.1) is 0 Å². The van der Waals surface area contributed by atoms with Crippen molar-refractivity contribution in [2.75, 3.05) is 23.7 Å². The Kier molecular flexibility index (Phi) is 6.95. The van der Waals surface area contributed by atoms with Gasteiger partial charge < -0.3 is 21.1 Å². The zero-order valence-electron chi connectivity index (χ0n) is 14.5. The molecule has 150 valence electrons. The Hall–Kier alpha value is -2.69. The number of halogens is 2. The lowest BCUT2D eigenvalue weighted by atomic mass is 10.2. The molecule has 0 saturated carbocycles. The van der Waals surface area contributed by atoms with Gasteiger partial charge in [0.25, 0.3) is 10.0 Å². The number of primary amides is 1. The average Bonchev–Trinajstić information content (AvgIpc) is 2.62. The Morgan fingerprint density at radius 3 is 2.43 bits per heavy atom. The van der Waals surface area contributed by atoms with Gasteiger partial charge in [0.2, 0.25) is 5.91 Å². The van der Waals surface area contributed by atoms with Crippen LogP contribution in [0, 0.1) is 0 Å². The molecule has 9 nitrogen and oxygen atoms in total. The minimum Gasteiger partial charge on any atom is -0.495 e. The smallest absolute Gasteiger partial charge is 0.312 e. The molecule has 0 saturated heterocycles. The highest BCUT2D eigenvalue weighted by Gasteiger charge is 2.18. The van der Waals surface area contributed by atoms with E-state index in [9.17, 15) is 18.0 Å². The Balaban J connectivity index is 2.26. The minimum absolute atomic E-state index is 0.0780. The lowest BCUT2D eigenvalue weighted by Gasteiger charge is -2.14. The summed E-state index contributed by atoms with van der Waals surface area (Å²) >= 11 is 11.7. The second kappa shape index (κ2) is 9.00. The number of carbonyl (C=O) groups is 2. The summed E-state index contributed by atoms with van der Waals surface area (Å²) in [6, 6.07) is 7.33. The molecule has 2 rings (SSSR count). The fourth-order valence-electron chi connectivity index (χ4n) is 2.09. The van der Waals surface area contributed by atoms with Gasteiger partial charge in [-0.05, 0) is 36.4 Å². The second-order valence-corrected chi connectivity index (χ2v) is 7.86. The lowest BCUT2D eigenvalue weighted by Crippen LogP contribution is -2.36. The number of urea groups is 1. The Labute approximate surface area is 171 Å². The van der Waals surface area contributed by atoms with Gasteiger partial charge in [0.1, 0.15) is 5.75 Å². The van der Waals surface area contributed by atoms with Crippen LogP contribution in [0.2, 0.25) is 10.0 Å². The van der Waals surface area contributed by atoms with Crippen LogP contribution in [0.3, 0.4) is 0 Å². The third-order valence-corrected chi connectivity index (χ3v) is 5.45. The molecular formula is C16H16Cl2N4O5S. The van der Waals surface area contributed by atoms with Crippen molar-refractivity contribution < 1.29 is 22.7 Å². The molecule has 0 atom stereocenters. The molecule has 12 heteroatoms. The van der Waals surface area contributed by atoms with Crippen LogP contribution in [0.1, 0.15) is 0 Å². The maximum atomic E-state index is 12.6. The molecule has 0 bridgehead atoms. The molecule has 0 fully saturated rings. The van der Waals surface area contributed by atoms with E-state index in [2.05, 4.69) is 15.4 Å². The van der Waals surface area contributed by atoms with E-state index in [-0.39, 0.29) is 38.6 Å². The van der Waals surface area contributed by atoms with E-state index in [0.717, 1.165) is 0 Å². The molecule has 0 heterocycles. The quantitative estimate of drug-likeness (QED) is 0.516. The molecule has 2 aromatic rings. The molecule has 0 aliphatic rings. The summed E-state index contributed by atoms with van der Waals surface area (Å²) in [5.74, 6) is -0.334. The number of amides is 3. The summed E-state index contributed by atoms with van der Waals surface area (Å²) in [4.78, 5) is 22.3. The van der Waals surface area contributed by atoms with Gasteiger partial charge in [-0.1, -0.05) is 23.2 Å². The summed E-state index contributed by atoms with van der Waals surface area (Å²) in [5, 5.41) is 4.93. The molecule has 0 unspecified atom stereocenters. The molecule has 0 aliphatic heterocycles. The number of hydrogen-bond acceptors (Lipinski definition) is 5. The van der Waals surface area contributed by atoms with E-state index < -0.39 is 22.0 Å². The fraction of sp³-hybridized carbons (Fsp3) is 0.125. The first-order chi connectivity index (χ1) is 13.1. The number of nitrogens with one attached hydrogen (secondary N) is 3. The monoisotopic (exact) mass is 446 g/mol. The summed E-state index contributed by atoms with van der Waals surface area (Å²) < 4.78 is 32.8. The van der Waals surface area contributed by atoms with Crippen molar-refractivity contribution in [1.82, 2.24) is 5.32 Å². The normalized spacial score (nSPS) is 10.8. The maximum absolute atomic E-state index is 12.6. The number of ether oxygens (including phenoxy) is 1. The Bertz CT molecular complexity index is 1010. The zero-order chi connectivity index (χ0) is 20.9. The zero-order valence-corrected chi connectivity index (χ0v) is 16.8. The largest absolute Gasteiger partial charge is 0.495 e. The van der Waals surface area contributed by atoms with Crippen molar-refractivity contribution in [3.63, 3.8) is 0 Å². The molecule has 5 N–H and O–H groups in total. The van der Waals surface area contributed by atoms with Gasteiger partial charge in [0, 0.05) is 5.69 Å². The molecule has 0 spiro atoms. The fourth-order valence-corrected chi connectivity index (χ4v) is 3.54. The number of methoxy groups -OCH3 is 1. The number of carbonyl (C=O) groups excluding carboxylic acids is 2. The van der Waals surface area contributed by atoms with E-state index in [1.807, 2.05) is 0 Å². The van der Waals surface area contributed by atoms with E-state index in [4.69, 9.17) is 33.7 Å². The molecule has 0 radical (unpaired) electrons. The lowest BCUT2D eigenvalue weighted by molar-refractivity contribution is -0.115. The standard InChI is InChI=1S/C16H16Cl2N4O5S/c1-27-14-5-2-9(21-15(23)8-20-16(19)24)6-13(14)22-28(25,26)10-3-4-11(17)12(18)7-10/h2-7,22H,8H2,1H3,(H,21,23)(H3,19,20,24). The number of anilines is 2. The highest BCUT2D eigenvalue weighted by molar-refractivity contribution is 7.92. The van der Waals surface area contributed by atoms with E-state index >= 15 is 0 Å². The molecule has 3 amide bonds. The number of sulfonamides is 1. The van der Waals surface area contributed by atoms with Crippen LogP contribution in [-0.2, 0) is 14.8 Å². The first-order valence-electron chi connectivity index (χ1n) is 7.61. The van der Waals surface area contributed by atoms with Crippen molar-refractivity contribution >= 4 is 56.5 Å².